The lowest BCUT2D eigenvalue weighted by atomic mass is 10.1. The van der Waals surface area contributed by atoms with Crippen molar-refractivity contribution in [3.63, 3.8) is 0 Å². The van der Waals surface area contributed by atoms with Crippen LogP contribution in [0, 0.1) is 5.82 Å². The van der Waals surface area contributed by atoms with E-state index in [0.29, 0.717) is 34.3 Å². The highest BCUT2D eigenvalue weighted by atomic mass is 35.5. The second-order valence-electron chi connectivity index (χ2n) is 8.26. The quantitative estimate of drug-likeness (QED) is 0.451. The van der Waals surface area contributed by atoms with Crippen LogP contribution < -0.4 is 16.0 Å². The smallest absolute Gasteiger partial charge is 0.251 e. The van der Waals surface area contributed by atoms with Gasteiger partial charge in [-0.3, -0.25) is 14.5 Å². The molecule has 0 aromatic heterocycles. The Labute approximate surface area is 207 Å². The monoisotopic (exact) mass is 506 g/mol. The average molecular weight is 507 g/mol. The van der Waals surface area contributed by atoms with E-state index >= 15 is 0 Å². The molecule has 2 aliphatic rings. The molecule has 0 radical (unpaired) electrons. The van der Waals surface area contributed by atoms with E-state index in [1.54, 1.807) is 18.2 Å². The summed E-state index contributed by atoms with van der Waals surface area (Å²) < 4.78 is 18.5. The van der Waals surface area contributed by atoms with Crippen LogP contribution in [0.5, 0.6) is 0 Å². The molecular formula is C24H28ClFN4O3S. The highest BCUT2D eigenvalue weighted by Crippen LogP contribution is 2.30. The highest BCUT2D eigenvalue weighted by Gasteiger charge is 2.26. The molecule has 1 fully saturated rings. The van der Waals surface area contributed by atoms with E-state index in [2.05, 4.69) is 20.9 Å². The van der Waals surface area contributed by atoms with Gasteiger partial charge in [0.2, 0.25) is 5.91 Å². The summed E-state index contributed by atoms with van der Waals surface area (Å²) in [7, 11) is 0. The molecular weight excluding hydrogens is 479 g/mol. The summed E-state index contributed by atoms with van der Waals surface area (Å²) in [5.41, 5.74) is 2.69. The van der Waals surface area contributed by atoms with Gasteiger partial charge in [0.1, 0.15) is 11.9 Å². The number of amides is 2. The Balaban J connectivity index is 1.24. The number of hydrogen-bond donors (Lipinski definition) is 3. The number of benzene rings is 2. The number of thioether (sulfide) groups is 1. The van der Waals surface area contributed by atoms with Gasteiger partial charge >= 0.3 is 0 Å². The lowest BCUT2D eigenvalue weighted by molar-refractivity contribution is -0.116. The third-order valence-electron chi connectivity index (χ3n) is 5.78. The van der Waals surface area contributed by atoms with Crippen LogP contribution in [-0.2, 0) is 15.3 Å². The van der Waals surface area contributed by atoms with Crippen molar-refractivity contribution in [3.05, 3.63) is 58.4 Å². The summed E-state index contributed by atoms with van der Waals surface area (Å²) in [6.07, 6.45) is 0.872. The molecule has 2 amide bonds. The standard InChI is InChI=1S/C24H28ClFN4O3S/c25-19-13-18(26)4-2-17(19)14-34-15-22-24(32)29-21-12-16(3-5-20(21)28-22)23(31)27-6-1-7-30-8-10-33-11-9-30/h2-5,12-13,22,28H,1,6-11,14-15H2,(H,27,31)(H,29,32). The number of morpholine rings is 1. The Morgan fingerprint density at radius 3 is 2.82 bits per heavy atom. The highest BCUT2D eigenvalue weighted by molar-refractivity contribution is 7.98. The number of nitrogens with one attached hydrogen (secondary N) is 3. The first-order chi connectivity index (χ1) is 16.5. The van der Waals surface area contributed by atoms with Crippen molar-refractivity contribution < 1.29 is 18.7 Å². The fourth-order valence-corrected chi connectivity index (χ4v) is 5.24. The minimum absolute atomic E-state index is 0.159. The molecule has 1 unspecified atom stereocenters. The van der Waals surface area contributed by atoms with Gasteiger partial charge in [0.25, 0.3) is 5.91 Å². The van der Waals surface area contributed by atoms with Crippen LogP contribution in [0.2, 0.25) is 5.02 Å². The molecule has 3 N–H and O–H groups in total. The van der Waals surface area contributed by atoms with E-state index in [4.69, 9.17) is 16.3 Å². The molecule has 1 atom stereocenters. The minimum atomic E-state index is -0.420. The van der Waals surface area contributed by atoms with E-state index in [0.717, 1.165) is 50.5 Å². The van der Waals surface area contributed by atoms with E-state index in [-0.39, 0.29) is 17.6 Å². The summed E-state index contributed by atoms with van der Waals surface area (Å²) in [6, 6.07) is 9.16. The number of halogens is 2. The molecule has 0 spiro atoms. The number of carbonyl (C=O) groups excluding carboxylic acids is 2. The van der Waals surface area contributed by atoms with Gasteiger partial charge in [0.15, 0.2) is 0 Å². The van der Waals surface area contributed by atoms with Gasteiger partial charge in [-0.2, -0.15) is 11.8 Å². The number of nitrogens with zero attached hydrogens (tertiary/aromatic N) is 1. The van der Waals surface area contributed by atoms with E-state index in [1.807, 2.05) is 6.07 Å². The zero-order valence-corrected chi connectivity index (χ0v) is 20.3. The van der Waals surface area contributed by atoms with Gasteiger partial charge in [-0.05, 0) is 48.9 Å². The van der Waals surface area contributed by atoms with Gasteiger partial charge in [-0.1, -0.05) is 17.7 Å². The Morgan fingerprint density at radius 1 is 1.21 bits per heavy atom. The SMILES string of the molecule is O=C(NCCCN1CCOCC1)c1ccc2c(c1)NC(=O)C(CSCc1ccc(F)cc1Cl)N2. The van der Waals surface area contributed by atoms with Crippen LogP contribution in [0.3, 0.4) is 0 Å². The molecule has 2 heterocycles. The molecule has 182 valence electrons. The van der Waals surface area contributed by atoms with Crippen molar-refractivity contribution in [1.29, 1.82) is 0 Å². The molecule has 1 saturated heterocycles. The summed E-state index contributed by atoms with van der Waals surface area (Å²) in [6.45, 7) is 4.93. The Morgan fingerprint density at radius 2 is 2.03 bits per heavy atom. The Hall–Kier alpha value is -2.33. The van der Waals surface area contributed by atoms with Crippen molar-refractivity contribution in [1.82, 2.24) is 10.2 Å². The molecule has 4 rings (SSSR count). The van der Waals surface area contributed by atoms with Crippen LogP contribution in [0.15, 0.2) is 36.4 Å². The van der Waals surface area contributed by atoms with Crippen molar-refractivity contribution in [2.45, 2.75) is 18.2 Å². The van der Waals surface area contributed by atoms with Gasteiger partial charge < -0.3 is 20.7 Å². The number of rotatable bonds is 9. The predicted molar refractivity (Wildman–Crippen MR) is 134 cm³/mol. The van der Waals surface area contributed by atoms with Crippen LogP contribution in [0.4, 0.5) is 15.8 Å². The summed E-state index contributed by atoms with van der Waals surface area (Å²) in [5, 5.41) is 9.46. The largest absolute Gasteiger partial charge is 0.379 e. The lowest BCUT2D eigenvalue weighted by Gasteiger charge is -2.27. The minimum Gasteiger partial charge on any atom is -0.379 e. The zero-order chi connectivity index (χ0) is 23.9. The molecule has 10 heteroatoms. The summed E-state index contributed by atoms with van der Waals surface area (Å²) >= 11 is 7.61. The van der Waals surface area contributed by atoms with Crippen LogP contribution >= 0.6 is 23.4 Å². The molecule has 2 aromatic rings. The third kappa shape index (κ3) is 6.63. The van der Waals surface area contributed by atoms with Gasteiger partial charge in [-0.15, -0.1) is 0 Å². The Bertz CT molecular complexity index is 1040. The number of fused-ring (bicyclic) bond motifs is 1. The maximum absolute atomic E-state index is 13.2. The fraction of sp³-hybridized carbons (Fsp3) is 0.417. The van der Waals surface area contributed by atoms with Crippen LogP contribution in [0.1, 0.15) is 22.3 Å². The normalized spacial score (nSPS) is 18.1. The van der Waals surface area contributed by atoms with E-state index in [1.165, 1.54) is 23.9 Å². The zero-order valence-electron chi connectivity index (χ0n) is 18.7. The number of anilines is 2. The topological polar surface area (TPSA) is 82.7 Å². The van der Waals surface area contributed by atoms with Crippen LogP contribution in [-0.4, -0.2) is 67.9 Å². The van der Waals surface area contributed by atoms with Gasteiger partial charge in [-0.25, -0.2) is 4.39 Å². The van der Waals surface area contributed by atoms with Crippen molar-refractivity contribution >= 4 is 46.6 Å². The fourth-order valence-electron chi connectivity index (χ4n) is 3.86. The maximum Gasteiger partial charge on any atom is 0.251 e. The number of carbonyl (C=O) groups is 2. The maximum atomic E-state index is 13.2. The number of ether oxygens (including phenoxy) is 1. The Kier molecular flexibility index (Phi) is 8.66. The molecule has 34 heavy (non-hydrogen) atoms. The second-order valence-corrected chi connectivity index (χ2v) is 9.70. The molecule has 2 aliphatic heterocycles. The molecule has 0 aliphatic carbocycles. The molecule has 0 saturated carbocycles. The third-order valence-corrected chi connectivity index (χ3v) is 7.22. The lowest BCUT2D eigenvalue weighted by Crippen LogP contribution is -2.40. The van der Waals surface area contributed by atoms with Gasteiger partial charge in [0.05, 0.1) is 24.6 Å². The molecule has 0 bridgehead atoms. The van der Waals surface area contributed by atoms with Crippen molar-refractivity contribution in [2.24, 2.45) is 0 Å². The van der Waals surface area contributed by atoms with E-state index < -0.39 is 6.04 Å². The van der Waals surface area contributed by atoms with Crippen molar-refractivity contribution in [2.75, 3.05) is 55.8 Å². The van der Waals surface area contributed by atoms with Crippen LogP contribution in [0.25, 0.3) is 0 Å². The average Bonchev–Trinajstić information content (AvgIpc) is 2.83. The second kappa shape index (κ2) is 11.9. The first-order valence-corrected chi connectivity index (χ1v) is 12.8. The summed E-state index contributed by atoms with van der Waals surface area (Å²) in [4.78, 5) is 27.4. The van der Waals surface area contributed by atoms with E-state index in [9.17, 15) is 14.0 Å². The first-order valence-electron chi connectivity index (χ1n) is 11.3. The van der Waals surface area contributed by atoms with Crippen molar-refractivity contribution in [3.8, 4) is 0 Å². The predicted octanol–water partition coefficient (Wildman–Crippen LogP) is 3.60. The first kappa shape index (κ1) is 24.8. The summed E-state index contributed by atoms with van der Waals surface area (Å²) in [5.74, 6) is 0.401. The number of hydrogen-bond acceptors (Lipinski definition) is 6. The molecule has 2 aromatic carbocycles. The molecule has 7 nitrogen and oxygen atoms in total. The van der Waals surface area contributed by atoms with Gasteiger partial charge in [0, 0.05) is 41.7 Å².